The first-order valence-electron chi connectivity index (χ1n) is 11.8. The Morgan fingerprint density at radius 3 is 2.11 bits per heavy atom. The Labute approximate surface area is 211 Å². The first kappa shape index (κ1) is 25.3. The van der Waals surface area contributed by atoms with Crippen LogP contribution in [0.15, 0.2) is 78.9 Å². The van der Waals surface area contributed by atoms with Gasteiger partial charge in [-0.1, -0.05) is 66.7 Å². The summed E-state index contributed by atoms with van der Waals surface area (Å²) >= 11 is 0. The zero-order valence-corrected chi connectivity index (χ0v) is 21.1. The Kier molecular flexibility index (Phi) is 7.31. The molecule has 4 rings (SSSR count). The largest absolute Gasteiger partial charge is 0.497 e. The van der Waals surface area contributed by atoms with Crippen molar-refractivity contribution >= 4 is 12.1 Å². The molecule has 1 aliphatic rings. The van der Waals surface area contributed by atoms with Gasteiger partial charge in [0.1, 0.15) is 17.4 Å². The van der Waals surface area contributed by atoms with Gasteiger partial charge in [0.2, 0.25) is 0 Å². The van der Waals surface area contributed by atoms with Crippen LogP contribution in [-0.2, 0) is 19.0 Å². The number of hydrogen-bond acceptors (Lipinski definition) is 6. The highest BCUT2D eigenvalue weighted by Gasteiger charge is 2.51. The predicted molar refractivity (Wildman–Crippen MR) is 135 cm³/mol. The van der Waals surface area contributed by atoms with Gasteiger partial charge in [0.05, 0.1) is 14.2 Å². The zero-order chi connectivity index (χ0) is 25.9. The molecule has 0 spiro atoms. The normalized spacial score (nSPS) is 19.6. The maximum atomic E-state index is 13.7. The summed E-state index contributed by atoms with van der Waals surface area (Å²) in [5.41, 5.74) is 2.49. The standard InChI is InChI=1S/C29H31NO6/c1-29(2,3)36-28(32)30-24(20-11-7-6-8-12-20)25(27(31)34-5)35-26(30)23-14-10-9-13-22(23)19-15-17-21(33-4)18-16-19/h6-18,24-26H,1-5H3/t24-,25-,26+/m0/s1. The molecule has 0 aliphatic carbocycles. The summed E-state index contributed by atoms with van der Waals surface area (Å²) < 4.78 is 22.5. The van der Waals surface area contributed by atoms with Crippen molar-refractivity contribution in [2.45, 2.75) is 44.7 Å². The number of carbonyl (C=O) groups excluding carboxylic acids is 2. The van der Waals surface area contributed by atoms with Gasteiger partial charge in [-0.3, -0.25) is 4.90 Å². The number of ether oxygens (including phenoxy) is 4. The van der Waals surface area contributed by atoms with Crippen LogP contribution in [0.5, 0.6) is 5.75 Å². The van der Waals surface area contributed by atoms with Gasteiger partial charge >= 0.3 is 12.1 Å². The number of carbonyl (C=O) groups is 2. The van der Waals surface area contributed by atoms with Gasteiger partial charge < -0.3 is 18.9 Å². The maximum absolute atomic E-state index is 13.7. The molecule has 1 heterocycles. The van der Waals surface area contributed by atoms with Crippen molar-refractivity contribution in [1.82, 2.24) is 4.90 Å². The first-order valence-corrected chi connectivity index (χ1v) is 11.8. The fourth-order valence-electron chi connectivity index (χ4n) is 4.35. The van der Waals surface area contributed by atoms with Crippen molar-refractivity contribution in [2.24, 2.45) is 0 Å². The van der Waals surface area contributed by atoms with E-state index in [-0.39, 0.29) is 0 Å². The van der Waals surface area contributed by atoms with Crippen LogP contribution in [0.3, 0.4) is 0 Å². The summed E-state index contributed by atoms with van der Waals surface area (Å²) in [6.45, 7) is 5.41. The molecule has 1 aliphatic heterocycles. The minimum absolute atomic E-state index is 0.568. The van der Waals surface area contributed by atoms with Crippen LogP contribution in [0, 0.1) is 0 Å². The second-order valence-electron chi connectivity index (χ2n) is 9.49. The molecule has 3 aromatic rings. The van der Waals surface area contributed by atoms with E-state index in [9.17, 15) is 9.59 Å². The lowest BCUT2D eigenvalue weighted by Gasteiger charge is -2.32. The van der Waals surface area contributed by atoms with Crippen molar-refractivity contribution in [3.05, 3.63) is 90.0 Å². The molecule has 0 radical (unpaired) electrons. The van der Waals surface area contributed by atoms with E-state index in [1.54, 1.807) is 27.9 Å². The molecule has 0 N–H and O–H groups in total. The number of amides is 1. The lowest BCUT2D eigenvalue weighted by Crippen LogP contribution is -2.40. The van der Waals surface area contributed by atoms with Crippen LogP contribution in [0.1, 0.15) is 44.2 Å². The Hall–Kier alpha value is -3.84. The molecule has 7 nitrogen and oxygen atoms in total. The lowest BCUT2D eigenvalue weighted by molar-refractivity contribution is -0.154. The van der Waals surface area contributed by atoms with E-state index < -0.39 is 36.0 Å². The minimum atomic E-state index is -1.04. The average Bonchev–Trinajstić information content (AvgIpc) is 3.28. The van der Waals surface area contributed by atoms with Crippen LogP contribution < -0.4 is 4.74 Å². The quantitative estimate of drug-likeness (QED) is 0.415. The van der Waals surface area contributed by atoms with E-state index in [1.165, 1.54) is 12.0 Å². The number of methoxy groups -OCH3 is 2. The molecule has 1 saturated heterocycles. The number of benzene rings is 3. The van der Waals surface area contributed by atoms with Crippen LogP contribution in [0.2, 0.25) is 0 Å². The van der Waals surface area contributed by atoms with E-state index in [2.05, 4.69) is 0 Å². The van der Waals surface area contributed by atoms with Crippen molar-refractivity contribution in [3.8, 4) is 16.9 Å². The van der Waals surface area contributed by atoms with E-state index >= 15 is 0 Å². The van der Waals surface area contributed by atoms with Gasteiger partial charge in [-0.25, -0.2) is 9.59 Å². The molecule has 3 atom stereocenters. The molecule has 0 saturated carbocycles. The van der Waals surface area contributed by atoms with Crippen molar-refractivity contribution < 1.29 is 28.5 Å². The molecule has 0 aromatic heterocycles. The van der Waals surface area contributed by atoms with Gasteiger partial charge in [-0.2, -0.15) is 0 Å². The molecule has 1 amide bonds. The number of nitrogens with zero attached hydrogens (tertiary/aromatic N) is 1. The smallest absolute Gasteiger partial charge is 0.413 e. The fourth-order valence-corrected chi connectivity index (χ4v) is 4.35. The second kappa shape index (κ2) is 10.4. The van der Waals surface area contributed by atoms with Gasteiger partial charge in [-0.05, 0) is 49.6 Å². The van der Waals surface area contributed by atoms with Crippen LogP contribution in [0.4, 0.5) is 4.79 Å². The van der Waals surface area contributed by atoms with Crippen molar-refractivity contribution in [3.63, 3.8) is 0 Å². The molecule has 1 fully saturated rings. The lowest BCUT2D eigenvalue weighted by atomic mass is 9.97. The van der Waals surface area contributed by atoms with E-state index in [1.807, 2.05) is 78.9 Å². The van der Waals surface area contributed by atoms with Crippen molar-refractivity contribution in [1.29, 1.82) is 0 Å². The third kappa shape index (κ3) is 5.21. The third-order valence-corrected chi connectivity index (χ3v) is 5.92. The van der Waals surface area contributed by atoms with Crippen LogP contribution in [0.25, 0.3) is 11.1 Å². The molecule has 36 heavy (non-hydrogen) atoms. The predicted octanol–water partition coefficient (Wildman–Crippen LogP) is 5.91. The Balaban J connectivity index is 1.86. The topological polar surface area (TPSA) is 74.3 Å². The van der Waals surface area contributed by atoms with Gasteiger partial charge in [0.25, 0.3) is 0 Å². The average molecular weight is 490 g/mol. The van der Waals surface area contributed by atoms with Crippen molar-refractivity contribution in [2.75, 3.05) is 14.2 Å². The maximum Gasteiger partial charge on any atom is 0.413 e. The minimum Gasteiger partial charge on any atom is -0.497 e. The van der Waals surface area contributed by atoms with Gasteiger partial charge in [0, 0.05) is 5.56 Å². The summed E-state index contributed by atoms with van der Waals surface area (Å²) in [4.78, 5) is 28.1. The van der Waals surface area contributed by atoms with Gasteiger partial charge in [-0.15, -0.1) is 0 Å². The van der Waals surface area contributed by atoms with E-state index in [0.29, 0.717) is 0 Å². The highest BCUT2D eigenvalue weighted by Crippen LogP contribution is 2.46. The highest BCUT2D eigenvalue weighted by molar-refractivity contribution is 5.80. The summed E-state index contributed by atoms with van der Waals surface area (Å²) in [6, 6.07) is 23.8. The molecular weight excluding hydrogens is 458 g/mol. The molecule has 3 aromatic carbocycles. The number of rotatable bonds is 5. The van der Waals surface area contributed by atoms with Crippen LogP contribution >= 0.6 is 0 Å². The summed E-state index contributed by atoms with van der Waals surface area (Å²) in [5, 5.41) is 0. The Morgan fingerprint density at radius 2 is 1.50 bits per heavy atom. The Bertz CT molecular complexity index is 1200. The number of esters is 1. The van der Waals surface area contributed by atoms with E-state index in [4.69, 9.17) is 18.9 Å². The molecule has 7 heteroatoms. The zero-order valence-electron chi connectivity index (χ0n) is 21.1. The highest BCUT2D eigenvalue weighted by atomic mass is 16.6. The van der Waals surface area contributed by atoms with Gasteiger partial charge in [0.15, 0.2) is 12.3 Å². The molecular formula is C29H31NO6. The van der Waals surface area contributed by atoms with Crippen LogP contribution in [-0.4, -0.2) is 42.9 Å². The number of hydrogen-bond donors (Lipinski definition) is 0. The van der Waals surface area contributed by atoms with E-state index in [0.717, 1.165) is 28.0 Å². The SMILES string of the molecule is COC(=O)[C@H]1O[C@H](c2ccccc2-c2ccc(OC)cc2)N(C(=O)OC(C)(C)C)[C@H]1c1ccccc1. The molecule has 0 unspecified atom stereocenters. The third-order valence-electron chi connectivity index (χ3n) is 5.92. The first-order chi connectivity index (χ1) is 17.2. The Morgan fingerprint density at radius 1 is 0.861 bits per heavy atom. The summed E-state index contributed by atoms with van der Waals surface area (Å²) in [7, 11) is 2.93. The second-order valence-corrected chi connectivity index (χ2v) is 9.49. The summed E-state index contributed by atoms with van der Waals surface area (Å²) in [6.07, 6.45) is -2.52. The molecule has 188 valence electrons. The fraction of sp³-hybridized carbons (Fsp3) is 0.310. The molecule has 0 bridgehead atoms. The summed E-state index contributed by atoms with van der Waals surface area (Å²) in [5.74, 6) is 0.167. The monoisotopic (exact) mass is 489 g/mol.